The highest BCUT2D eigenvalue weighted by molar-refractivity contribution is 5.93. The third-order valence-electron chi connectivity index (χ3n) is 2.67. The van der Waals surface area contributed by atoms with Crippen LogP contribution in [0.5, 0.6) is 0 Å². The van der Waals surface area contributed by atoms with Crippen molar-refractivity contribution >= 4 is 5.91 Å². The summed E-state index contributed by atoms with van der Waals surface area (Å²) in [4.78, 5) is 26.1. The number of carbonyl (C=O) groups excluding carboxylic acids is 1. The Balaban J connectivity index is 2.78. The fourth-order valence-electron chi connectivity index (χ4n) is 1.59. The van der Waals surface area contributed by atoms with Gasteiger partial charge in [0, 0.05) is 24.5 Å². The zero-order valence-electron chi connectivity index (χ0n) is 10.2. The molecule has 94 valence electrons. The minimum Gasteiger partial charge on any atom is -0.367 e. The van der Waals surface area contributed by atoms with E-state index in [0.717, 1.165) is 0 Å². The second-order valence-corrected chi connectivity index (χ2v) is 4.32. The van der Waals surface area contributed by atoms with Crippen LogP contribution in [0.4, 0.5) is 0 Å². The first-order valence-electron chi connectivity index (χ1n) is 5.74. The smallest absolute Gasteiger partial charge is 0.256 e. The van der Waals surface area contributed by atoms with Crippen LogP contribution < -0.4 is 16.5 Å². The topological polar surface area (TPSA) is 88.0 Å². The zero-order valence-corrected chi connectivity index (χ0v) is 10.2. The number of aromatic amines is 1. The van der Waals surface area contributed by atoms with Gasteiger partial charge in [-0.05, 0) is 18.9 Å². The van der Waals surface area contributed by atoms with Gasteiger partial charge in [-0.2, -0.15) is 0 Å². The highest BCUT2D eigenvalue weighted by Gasteiger charge is 2.17. The summed E-state index contributed by atoms with van der Waals surface area (Å²) in [5.41, 5.74) is 5.35. The van der Waals surface area contributed by atoms with E-state index in [0.29, 0.717) is 13.0 Å². The molecular formula is C12H19N3O2. The third kappa shape index (κ3) is 3.71. The van der Waals surface area contributed by atoms with Crippen LogP contribution in [0.3, 0.4) is 0 Å². The fourth-order valence-corrected chi connectivity index (χ4v) is 1.59. The van der Waals surface area contributed by atoms with Crippen LogP contribution in [0, 0.1) is 5.92 Å². The van der Waals surface area contributed by atoms with Gasteiger partial charge in [-0.3, -0.25) is 9.59 Å². The monoisotopic (exact) mass is 237 g/mol. The van der Waals surface area contributed by atoms with E-state index < -0.39 is 0 Å². The minimum atomic E-state index is -0.348. The molecular weight excluding hydrogens is 218 g/mol. The third-order valence-corrected chi connectivity index (χ3v) is 2.67. The van der Waals surface area contributed by atoms with E-state index in [-0.39, 0.29) is 28.9 Å². The fraction of sp³-hybridized carbons (Fsp3) is 0.500. The lowest BCUT2D eigenvalue weighted by atomic mass is 10.0. The van der Waals surface area contributed by atoms with Gasteiger partial charge >= 0.3 is 0 Å². The van der Waals surface area contributed by atoms with Crippen molar-refractivity contribution in [2.24, 2.45) is 11.7 Å². The van der Waals surface area contributed by atoms with E-state index >= 15 is 0 Å². The molecule has 4 N–H and O–H groups in total. The predicted octanol–water partition coefficient (Wildman–Crippen LogP) is 0.478. The molecule has 1 amide bonds. The van der Waals surface area contributed by atoms with E-state index in [1.165, 1.54) is 18.5 Å². The number of hydrogen-bond donors (Lipinski definition) is 3. The molecule has 0 spiro atoms. The van der Waals surface area contributed by atoms with Crippen molar-refractivity contribution in [1.29, 1.82) is 0 Å². The number of nitrogens with two attached hydrogens (primary N) is 1. The molecule has 1 rings (SSSR count). The summed E-state index contributed by atoms with van der Waals surface area (Å²) in [6.07, 6.45) is 3.62. The van der Waals surface area contributed by atoms with E-state index in [2.05, 4.69) is 10.3 Å². The van der Waals surface area contributed by atoms with Gasteiger partial charge in [0.15, 0.2) is 5.43 Å². The van der Waals surface area contributed by atoms with Crippen molar-refractivity contribution in [2.75, 3.05) is 6.54 Å². The van der Waals surface area contributed by atoms with Crippen molar-refractivity contribution in [3.05, 3.63) is 34.2 Å². The van der Waals surface area contributed by atoms with Crippen LogP contribution in [0.25, 0.3) is 0 Å². The van der Waals surface area contributed by atoms with E-state index in [1.54, 1.807) is 0 Å². The van der Waals surface area contributed by atoms with Gasteiger partial charge in [0.2, 0.25) is 0 Å². The van der Waals surface area contributed by atoms with Crippen LogP contribution in [-0.4, -0.2) is 23.5 Å². The van der Waals surface area contributed by atoms with Crippen molar-refractivity contribution < 1.29 is 4.79 Å². The Morgan fingerprint density at radius 3 is 2.76 bits per heavy atom. The molecule has 0 saturated carbocycles. The Hall–Kier alpha value is -1.62. The maximum absolute atomic E-state index is 11.9. The van der Waals surface area contributed by atoms with Crippen LogP contribution in [0.15, 0.2) is 23.3 Å². The van der Waals surface area contributed by atoms with Gasteiger partial charge in [0.05, 0.1) is 0 Å². The van der Waals surface area contributed by atoms with Crippen LogP contribution in [-0.2, 0) is 0 Å². The Labute approximate surface area is 100 Å². The van der Waals surface area contributed by atoms with Gasteiger partial charge in [-0.15, -0.1) is 0 Å². The molecule has 5 nitrogen and oxygen atoms in total. The molecule has 0 aliphatic rings. The molecule has 17 heavy (non-hydrogen) atoms. The number of rotatable bonds is 5. The van der Waals surface area contributed by atoms with Gasteiger partial charge in [0.1, 0.15) is 5.56 Å². The Morgan fingerprint density at radius 2 is 2.24 bits per heavy atom. The Kier molecular flexibility index (Phi) is 4.90. The summed E-state index contributed by atoms with van der Waals surface area (Å²) in [6.45, 7) is 4.53. The highest BCUT2D eigenvalue weighted by Crippen LogP contribution is 2.05. The van der Waals surface area contributed by atoms with Crippen LogP contribution >= 0.6 is 0 Å². The SMILES string of the molecule is CC(C)C(CCN)NC(=O)c1c[nH]ccc1=O. The second-order valence-electron chi connectivity index (χ2n) is 4.32. The van der Waals surface area contributed by atoms with Crippen LogP contribution in [0.1, 0.15) is 30.6 Å². The summed E-state index contributed by atoms with van der Waals surface area (Å²) in [5.74, 6) is -0.0655. The predicted molar refractivity (Wildman–Crippen MR) is 66.8 cm³/mol. The number of pyridine rings is 1. The number of nitrogens with one attached hydrogen (secondary N) is 2. The number of aromatic nitrogens is 1. The van der Waals surface area contributed by atoms with Crippen molar-refractivity contribution in [2.45, 2.75) is 26.3 Å². The number of amides is 1. The van der Waals surface area contributed by atoms with Crippen molar-refractivity contribution in [1.82, 2.24) is 10.3 Å². The Morgan fingerprint density at radius 1 is 1.53 bits per heavy atom. The summed E-state index contributed by atoms with van der Waals surface area (Å²) in [7, 11) is 0. The van der Waals surface area contributed by atoms with E-state index in [9.17, 15) is 9.59 Å². The standard InChI is InChI=1S/C12H19N3O2/c1-8(2)10(3-5-13)15-12(17)9-7-14-6-4-11(9)16/h4,6-8,10H,3,5,13H2,1-2H3,(H,14,16)(H,15,17). The molecule has 1 aromatic rings. The van der Waals surface area contributed by atoms with E-state index in [1.807, 2.05) is 13.8 Å². The lowest BCUT2D eigenvalue weighted by molar-refractivity contribution is 0.0922. The molecule has 0 aliphatic heterocycles. The number of H-pyrrole nitrogens is 1. The average Bonchev–Trinajstić information content (AvgIpc) is 2.28. The number of carbonyl (C=O) groups is 1. The van der Waals surface area contributed by atoms with Gasteiger partial charge in [0.25, 0.3) is 5.91 Å². The molecule has 0 radical (unpaired) electrons. The summed E-state index contributed by atoms with van der Waals surface area (Å²) in [6, 6.07) is 1.33. The van der Waals surface area contributed by atoms with E-state index in [4.69, 9.17) is 5.73 Å². The largest absolute Gasteiger partial charge is 0.367 e. The number of hydrogen-bond acceptors (Lipinski definition) is 3. The molecule has 0 bridgehead atoms. The maximum Gasteiger partial charge on any atom is 0.256 e. The summed E-state index contributed by atoms with van der Waals surface area (Å²) in [5, 5.41) is 2.84. The van der Waals surface area contributed by atoms with Crippen molar-refractivity contribution in [3.63, 3.8) is 0 Å². The molecule has 0 saturated heterocycles. The first kappa shape index (κ1) is 13.4. The quantitative estimate of drug-likeness (QED) is 0.696. The van der Waals surface area contributed by atoms with Crippen molar-refractivity contribution in [3.8, 4) is 0 Å². The molecule has 5 heteroatoms. The van der Waals surface area contributed by atoms with Gasteiger partial charge < -0.3 is 16.0 Å². The van der Waals surface area contributed by atoms with Gasteiger partial charge in [-0.1, -0.05) is 13.8 Å². The minimum absolute atomic E-state index is 0.00731. The lowest BCUT2D eigenvalue weighted by Gasteiger charge is -2.21. The highest BCUT2D eigenvalue weighted by atomic mass is 16.2. The van der Waals surface area contributed by atoms with Gasteiger partial charge in [-0.25, -0.2) is 0 Å². The van der Waals surface area contributed by atoms with Crippen LogP contribution in [0.2, 0.25) is 0 Å². The summed E-state index contributed by atoms with van der Waals surface area (Å²) < 4.78 is 0. The first-order chi connectivity index (χ1) is 8.06. The second kappa shape index (κ2) is 6.20. The normalized spacial score (nSPS) is 12.5. The first-order valence-corrected chi connectivity index (χ1v) is 5.74. The molecule has 1 heterocycles. The molecule has 1 aromatic heterocycles. The zero-order chi connectivity index (χ0) is 12.8. The molecule has 1 unspecified atom stereocenters. The average molecular weight is 237 g/mol. The maximum atomic E-state index is 11.9. The molecule has 1 atom stereocenters. The Bertz CT molecular complexity index is 426. The molecule has 0 fully saturated rings. The molecule has 0 aromatic carbocycles. The molecule has 0 aliphatic carbocycles. The summed E-state index contributed by atoms with van der Waals surface area (Å²) >= 11 is 0. The lowest BCUT2D eigenvalue weighted by Crippen LogP contribution is -2.41.